The second kappa shape index (κ2) is 15.6. The summed E-state index contributed by atoms with van der Waals surface area (Å²) >= 11 is 0. The lowest BCUT2D eigenvalue weighted by molar-refractivity contribution is -0.151. The summed E-state index contributed by atoms with van der Waals surface area (Å²) in [7, 11) is 1.61. The van der Waals surface area contributed by atoms with Gasteiger partial charge in [-0.15, -0.1) is 0 Å². The number of hydrogen-bond acceptors (Lipinski definition) is 7. The molecule has 8 heteroatoms. The summed E-state index contributed by atoms with van der Waals surface area (Å²) in [5.41, 5.74) is 4.22. The fraction of sp³-hybridized carbons (Fsp3) is 0.211. The lowest BCUT2D eigenvalue weighted by Crippen LogP contribution is -2.29. The van der Waals surface area contributed by atoms with E-state index in [1.807, 2.05) is 79.7 Å². The predicted molar refractivity (Wildman–Crippen MR) is 175 cm³/mol. The molecule has 0 N–H and O–H groups in total. The molecule has 0 bridgehead atoms. The van der Waals surface area contributed by atoms with E-state index in [4.69, 9.17) is 23.4 Å². The number of ether oxygens (including phenoxy) is 4. The van der Waals surface area contributed by atoms with Gasteiger partial charge in [-0.25, -0.2) is 14.2 Å². The highest BCUT2D eigenvalue weighted by Gasteiger charge is 2.21. The van der Waals surface area contributed by atoms with Crippen LogP contribution in [-0.4, -0.2) is 30.8 Å². The van der Waals surface area contributed by atoms with Crippen LogP contribution in [0, 0.1) is 12.7 Å². The van der Waals surface area contributed by atoms with Gasteiger partial charge in [-0.3, -0.25) is 0 Å². The summed E-state index contributed by atoms with van der Waals surface area (Å²) in [6, 6.07) is 28.9. The van der Waals surface area contributed by atoms with Gasteiger partial charge in [0.25, 0.3) is 0 Å². The van der Waals surface area contributed by atoms with Crippen molar-refractivity contribution in [2.75, 3.05) is 13.7 Å². The smallest absolute Gasteiger partial charge is 0.347 e. The summed E-state index contributed by atoms with van der Waals surface area (Å²) in [6.07, 6.45) is 4.04. The maximum absolute atomic E-state index is 13.3. The largest absolute Gasteiger partial charge is 0.497 e. The Balaban J connectivity index is 1.24. The van der Waals surface area contributed by atoms with Crippen LogP contribution in [0.4, 0.5) is 4.39 Å². The monoisotopic (exact) mass is 621 g/mol. The second-order valence-electron chi connectivity index (χ2n) is 10.4. The van der Waals surface area contributed by atoms with E-state index >= 15 is 0 Å². The molecule has 0 fully saturated rings. The Morgan fingerprint density at radius 1 is 0.913 bits per heavy atom. The van der Waals surface area contributed by atoms with Crippen LogP contribution in [-0.2, 0) is 16.1 Å². The maximum Gasteiger partial charge on any atom is 0.347 e. The highest BCUT2D eigenvalue weighted by Crippen LogP contribution is 2.29. The SMILES string of the molecule is CCOC(=O)C(CC/C=C/c1cc(OC)ccc1OCc1nc(-c2ccccc2)oc1C)Oc1ccc(-c2ccc(F)cc2)cc1. The number of carbonyl (C=O) groups excluding carboxylic acids is 1. The van der Waals surface area contributed by atoms with Crippen LogP contribution in [0.2, 0.25) is 0 Å². The van der Waals surface area contributed by atoms with Gasteiger partial charge in [0.2, 0.25) is 5.89 Å². The third-order valence-electron chi connectivity index (χ3n) is 7.25. The van der Waals surface area contributed by atoms with Crippen molar-refractivity contribution >= 4 is 12.0 Å². The van der Waals surface area contributed by atoms with Gasteiger partial charge < -0.3 is 23.4 Å². The first kappa shape index (κ1) is 32.0. The van der Waals surface area contributed by atoms with Crippen molar-refractivity contribution in [1.82, 2.24) is 4.98 Å². The van der Waals surface area contributed by atoms with Crippen LogP contribution in [0.5, 0.6) is 17.2 Å². The summed E-state index contributed by atoms with van der Waals surface area (Å²) in [4.78, 5) is 17.4. The summed E-state index contributed by atoms with van der Waals surface area (Å²) in [5.74, 6) is 2.41. The van der Waals surface area contributed by atoms with Gasteiger partial charge in [0.05, 0.1) is 13.7 Å². The number of aromatic nitrogens is 1. The van der Waals surface area contributed by atoms with Gasteiger partial charge >= 0.3 is 5.97 Å². The summed E-state index contributed by atoms with van der Waals surface area (Å²) < 4.78 is 42.1. The third kappa shape index (κ3) is 8.41. The van der Waals surface area contributed by atoms with E-state index in [0.29, 0.717) is 47.4 Å². The lowest BCUT2D eigenvalue weighted by Gasteiger charge is -2.17. The molecule has 0 aliphatic carbocycles. The normalized spacial score (nSPS) is 11.7. The highest BCUT2D eigenvalue weighted by molar-refractivity contribution is 5.75. The van der Waals surface area contributed by atoms with Gasteiger partial charge in [-0.2, -0.15) is 0 Å². The topological polar surface area (TPSA) is 80.0 Å². The number of halogens is 1. The number of benzene rings is 4. The van der Waals surface area contributed by atoms with Gasteiger partial charge in [0.1, 0.15) is 41.1 Å². The molecule has 0 radical (unpaired) electrons. The highest BCUT2D eigenvalue weighted by atomic mass is 19.1. The van der Waals surface area contributed by atoms with E-state index in [1.165, 1.54) is 12.1 Å². The molecule has 236 valence electrons. The molecule has 5 rings (SSSR count). The van der Waals surface area contributed by atoms with E-state index in [0.717, 1.165) is 22.3 Å². The number of hydrogen-bond donors (Lipinski definition) is 0. The average molecular weight is 622 g/mol. The molecule has 1 unspecified atom stereocenters. The molecule has 1 heterocycles. The molecule has 5 aromatic rings. The molecule has 1 aromatic heterocycles. The van der Waals surface area contributed by atoms with Crippen LogP contribution in [0.25, 0.3) is 28.7 Å². The Kier molecular flexibility index (Phi) is 10.8. The standard InChI is InChI=1S/C38H36FNO6/c1-4-43-38(41)36(46-32-20-16-28(17-21-32)27-14-18-31(39)19-15-27)13-9-8-12-30-24-33(42-3)22-23-35(30)44-25-34-26(2)45-37(40-34)29-10-6-5-7-11-29/h5-8,10-12,14-24,36H,4,9,13,25H2,1-3H3/b12-8+. The Hall–Kier alpha value is -5.37. The summed E-state index contributed by atoms with van der Waals surface area (Å²) in [6.45, 7) is 4.11. The average Bonchev–Trinajstić information content (AvgIpc) is 3.46. The van der Waals surface area contributed by atoms with Gasteiger partial charge in [0.15, 0.2) is 6.10 Å². The second-order valence-corrected chi connectivity index (χ2v) is 10.4. The summed E-state index contributed by atoms with van der Waals surface area (Å²) in [5, 5.41) is 0. The number of carbonyl (C=O) groups is 1. The third-order valence-corrected chi connectivity index (χ3v) is 7.25. The molecule has 0 saturated heterocycles. The molecule has 0 saturated carbocycles. The van der Waals surface area contributed by atoms with Crippen molar-refractivity contribution < 1.29 is 32.5 Å². The molecular weight excluding hydrogens is 585 g/mol. The number of aryl methyl sites for hydroxylation is 1. The van der Waals surface area contributed by atoms with Gasteiger partial charge in [-0.05, 0) is 92.4 Å². The first-order valence-corrected chi connectivity index (χ1v) is 15.1. The zero-order valence-electron chi connectivity index (χ0n) is 26.1. The lowest BCUT2D eigenvalue weighted by atomic mass is 10.1. The number of esters is 1. The van der Waals surface area contributed by atoms with Crippen molar-refractivity contribution in [2.24, 2.45) is 0 Å². The minimum atomic E-state index is -0.795. The fourth-order valence-electron chi connectivity index (χ4n) is 4.78. The zero-order chi connectivity index (χ0) is 32.3. The van der Waals surface area contributed by atoms with Gasteiger partial charge in [-0.1, -0.05) is 54.6 Å². The Labute approximate surface area is 268 Å². The van der Waals surface area contributed by atoms with E-state index in [9.17, 15) is 9.18 Å². The molecule has 0 aliphatic heterocycles. The Morgan fingerprint density at radius 2 is 1.61 bits per heavy atom. The maximum atomic E-state index is 13.3. The number of oxazole rings is 1. The van der Waals surface area contributed by atoms with Crippen molar-refractivity contribution in [3.63, 3.8) is 0 Å². The van der Waals surface area contributed by atoms with E-state index < -0.39 is 12.1 Å². The predicted octanol–water partition coefficient (Wildman–Crippen LogP) is 8.85. The molecule has 1 atom stereocenters. The number of rotatable bonds is 14. The minimum Gasteiger partial charge on any atom is -0.497 e. The fourth-order valence-corrected chi connectivity index (χ4v) is 4.78. The molecule has 46 heavy (non-hydrogen) atoms. The van der Waals surface area contributed by atoms with E-state index in [2.05, 4.69) is 4.98 Å². The van der Waals surface area contributed by atoms with Crippen LogP contribution < -0.4 is 14.2 Å². The van der Waals surface area contributed by atoms with Crippen molar-refractivity contribution in [1.29, 1.82) is 0 Å². The number of methoxy groups -OCH3 is 1. The number of allylic oxidation sites excluding steroid dienone is 1. The van der Waals surface area contributed by atoms with Crippen LogP contribution >= 0.6 is 0 Å². The first-order valence-electron chi connectivity index (χ1n) is 15.1. The van der Waals surface area contributed by atoms with E-state index in [1.54, 1.807) is 38.3 Å². The Bertz CT molecular complexity index is 1750. The van der Waals surface area contributed by atoms with Crippen molar-refractivity contribution in [2.45, 2.75) is 39.4 Å². The molecule has 0 spiro atoms. The molecule has 4 aromatic carbocycles. The first-order chi connectivity index (χ1) is 22.4. The molecule has 7 nitrogen and oxygen atoms in total. The van der Waals surface area contributed by atoms with Crippen molar-refractivity contribution in [3.05, 3.63) is 126 Å². The zero-order valence-corrected chi connectivity index (χ0v) is 26.1. The minimum absolute atomic E-state index is 0.230. The van der Waals surface area contributed by atoms with Crippen molar-refractivity contribution in [3.8, 4) is 39.8 Å². The number of nitrogens with zero attached hydrogens (tertiary/aromatic N) is 1. The molecule has 0 aliphatic rings. The molecule has 0 amide bonds. The van der Waals surface area contributed by atoms with Crippen LogP contribution in [0.15, 0.2) is 108 Å². The Morgan fingerprint density at radius 3 is 2.30 bits per heavy atom. The van der Waals surface area contributed by atoms with Crippen LogP contribution in [0.3, 0.4) is 0 Å². The molecular formula is C38H36FNO6. The quantitative estimate of drug-likeness (QED) is 0.115. The van der Waals surface area contributed by atoms with Gasteiger partial charge in [0, 0.05) is 11.1 Å². The van der Waals surface area contributed by atoms with Crippen LogP contribution in [0.1, 0.15) is 36.8 Å². The van der Waals surface area contributed by atoms with E-state index in [-0.39, 0.29) is 19.0 Å².